The van der Waals surface area contributed by atoms with Gasteiger partial charge in [0.25, 0.3) is 0 Å². The van der Waals surface area contributed by atoms with Gasteiger partial charge >= 0.3 is 23.9 Å². The minimum Gasteiger partial charge on any atom is -0.493 e. The van der Waals surface area contributed by atoms with Crippen molar-refractivity contribution in [3.63, 3.8) is 0 Å². The van der Waals surface area contributed by atoms with Crippen molar-refractivity contribution in [2.75, 3.05) is 20.7 Å². The average molecular weight is 532 g/mol. The summed E-state index contributed by atoms with van der Waals surface area (Å²) >= 11 is 0. The Labute approximate surface area is 218 Å². The van der Waals surface area contributed by atoms with Crippen LogP contribution in [0.1, 0.15) is 37.8 Å². The zero-order valence-corrected chi connectivity index (χ0v) is 21.4. The second kappa shape index (κ2) is 8.98. The number of hydrogen-bond acceptors (Lipinski definition) is 11. The molecule has 6 atom stereocenters. The maximum absolute atomic E-state index is 13.3. The number of rotatable bonds is 7. The molecule has 0 amide bonds. The van der Waals surface area contributed by atoms with Crippen molar-refractivity contribution < 1.29 is 53.1 Å². The number of nitrogens with zero attached hydrogens (tertiary/aromatic N) is 1. The van der Waals surface area contributed by atoms with Gasteiger partial charge in [-0.3, -0.25) is 9.59 Å². The van der Waals surface area contributed by atoms with Gasteiger partial charge in [0.2, 0.25) is 12.2 Å². The molecule has 2 bridgehead atoms. The van der Waals surface area contributed by atoms with Crippen molar-refractivity contribution in [3.8, 4) is 11.5 Å². The van der Waals surface area contributed by atoms with Crippen LogP contribution >= 0.6 is 0 Å². The molecule has 38 heavy (non-hydrogen) atoms. The van der Waals surface area contributed by atoms with Gasteiger partial charge in [-0.2, -0.15) is 0 Å². The van der Waals surface area contributed by atoms with Crippen molar-refractivity contribution in [2.45, 2.75) is 68.5 Å². The molecule has 2 aliphatic carbocycles. The Morgan fingerprint density at radius 3 is 2.45 bits per heavy atom. The minimum atomic E-state index is -2.13. The second-order valence-electron chi connectivity index (χ2n) is 10.1. The molecule has 1 spiro atoms. The molecule has 5 rings (SSSR count). The van der Waals surface area contributed by atoms with E-state index in [1.54, 1.807) is 12.1 Å². The van der Waals surface area contributed by atoms with E-state index >= 15 is 0 Å². The molecule has 2 aliphatic heterocycles. The van der Waals surface area contributed by atoms with E-state index in [0.717, 1.165) is 25.0 Å². The number of carbonyl (C=O) groups excluding carboxylic acids is 3. The number of benzene rings is 1. The van der Waals surface area contributed by atoms with Gasteiger partial charge < -0.3 is 38.8 Å². The Hall–Kier alpha value is -3.64. The highest BCUT2D eigenvalue weighted by Gasteiger charge is 2.72. The van der Waals surface area contributed by atoms with Crippen LogP contribution in [0.2, 0.25) is 0 Å². The van der Waals surface area contributed by atoms with E-state index in [2.05, 4.69) is 4.90 Å². The maximum atomic E-state index is 13.3. The van der Waals surface area contributed by atoms with Gasteiger partial charge in [0.15, 0.2) is 17.6 Å². The highest BCUT2D eigenvalue weighted by molar-refractivity contribution is 5.88. The summed E-state index contributed by atoms with van der Waals surface area (Å²) in [6, 6.07) is 3.52. The van der Waals surface area contributed by atoms with Crippen molar-refractivity contribution in [3.05, 3.63) is 35.1 Å². The summed E-state index contributed by atoms with van der Waals surface area (Å²) in [6.07, 6.45) is -2.38. The fraction of sp³-hybridized carbons (Fsp3) is 0.538. The molecule has 2 heterocycles. The van der Waals surface area contributed by atoms with Gasteiger partial charge in [-0.05, 0) is 44.1 Å². The number of aliphatic carboxylic acids is 1. The molecule has 2 N–H and O–H groups in total. The SMILES string of the molecule is COc1ccc2c3c1O[C@H]1C(OC(=O)[C@@H](OC(C)=O)[C@H](OC(C)=O)C(=O)O)=CC[C@@]4(O)[C@@H](C2)N(C)CC[C@]314. The maximum Gasteiger partial charge on any atom is 0.357 e. The minimum absolute atomic E-state index is 0.0400. The number of likely N-dealkylation sites (tertiary alicyclic amines) is 1. The third kappa shape index (κ3) is 3.57. The Morgan fingerprint density at radius 1 is 1.13 bits per heavy atom. The van der Waals surface area contributed by atoms with E-state index in [0.29, 0.717) is 30.9 Å². The number of carboxylic acid groups (broad SMARTS) is 1. The van der Waals surface area contributed by atoms with Gasteiger partial charge in [-0.15, -0.1) is 0 Å². The number of carboxylic acids is 1. The highest BCUT2D eigenvalue weighted by atomic mass is 16.6. The Balaban J connectivity index is 1.56. The van der Waals surface area contributed by atoms with Gasteiger partial charge in [0, 0.05) is 31.9 Å². The summed E-state index contributed by atoms with van der Waals surface area (Å²) in [4.78, 5) is 50.4. The predicted octanol–water partition coefficient (Wildman–Crippen LogP) is 0.464. The molecular weight excluding hydrogens is 502 g/mol. The van der Waals surface area contributed by atoms with E-state index < -0.39 is 53.2 Å². The first-order valence-electron chi connectivity index (χ1n) is 12.2. The molecule has 0 aromatic heterocycles. The lowest BCUT2D eigenvalue weighted by molar-refractivity contribution is -0.190. The predicted molar refractivity (Wildman–Crippen MR) is 126 cm³/mol. The molecule has 12 heteroatoms. The number of hydrogen-bond donors (Lipinski definition) is 2. The van der Waals surface area contributed by atoms with Crippen molar-refractivity contribution in [1.82, 2.24) is 4.90 Å². The summed E-state index contributed by atoms with van der Waals surface area (Å²) in [7, 11) is 3.47. The van der Waals surface area contributed by atoms with E-state index in [1.807, 2.05) is 13.1 Å². The Bertz CT molecular complexity index is 1260. The molecule has 1 aromatic carbocycles. The zero-order chi connectivity index (χ0) is 27.6. The average Bonchev–Trinajstić information content (AvgIpc) is 3.20. The normalized spacial score (nSPS) is 30.1. The third-order valence-electron chi connectivity index (χ3n) is 8.11. The van der Waals surface area contributed by atoms with Crippen LogP contribution in [0.5, 0.6) is 11.5 Å². The third-order valence-corrected chi connectivity index (χ3v) is 8.11. The molecule has 12 nitrogen and oxygen atoms in total. The lowest BCUT2D eigenvalue weighted by atomic mass is 9.50. The molecule has 0 unspecified atom stereocenters. The lowest BCUT2D eigenvalue weighted by Crippen LogP contribution is -2.74. The summed E-state index contributed by atoms with van der Waals surface area (Å²) in [6.45, 7) is 2.59. The summed E-state index contributed by atoms with van der Waals surface area (Å²) < 4.78 is 27.3. The van der Waals surface area contributed by atoms with Gasteiger partial charge in [-0.25, -0.2) is 9.59 Å². The molecule has 1 aromatic rings. The fourth-order valence-electron chi connectivity index (χ4n) is 6.59. The fourth-order valence-corrected chi connectivity index (χ4v) is 6.59. The topological polar surface area (TPSA) is 158 Å². The molecule has 1 fully saturated rings. The van der Waals surface area contributed by atoms with Crippen LogP contribution in [0, 0.1) is 0 Å². The van der Waals surface area contributed by atoms with Gasteiger partial charge in [-0.1, -0.05) is 6.07 Å². The zero-order valence-electron chi connectivity index (χ0n) is 21.4. The highest BCUT2D eigenvalue weighted by Crippen LogP contribution is 2.65. The first-order chi connectivity index (χ1) is 17.9. The monoisotopic (exact) mass is 531 g/mol. The largest absolute Gasteiger partial charge is 0.493 e. The van der Waals surface area contributed by atoms with Crippen LogP contribution < -0.4 is 9.47 Å². The van der Waals surface area contributed by atoms with Crippen molar-refractivity contribution in [1.29, 1.82) is 0 Å². The summed E-state index contributed by atoms with van der Waals surface area (Å²) in [5.74, 6) is -3.94. The molecular formula is C26H29NO11. The van der Waals surface area contributed by atoms with Crippen molar-refractivity contribution >= 4 is 23.9 Å². The Morgan fingerprint density at radius 2 is 1.82 bits per heavy atom. The molecule has 0 saturated carbocycles. The summed E-state index contributed by atoms with van der Waals surface area (Å²) in [5.41, 5.74) is -0.404. The molecule has 204 valence electrons. The van der Waals surface area contributed by atoms with Crippen LogP contribution in [0.25, 0.3) is 0 Å². The summed E-state index contributed by atoms with van der Waals surface area (Å²) in [5, 5.41) is 21.8. The quantitative estimate of drug-likeness (QED) is 0.371. The number of ether oxygens (including phenoxy) is 5. The van der Waals surface area contributed by atoms with Gasteiger partial charge in [0.05, 0.1) is 18.1 Å². The number of aliphatic hydroxyl groups is 1. The van der Waals surface area contributed by atoms with E-state index in [-0.39, 0.29) is 18.2 Å². The molecule has 4 aliphatic rings. The van der Waals surface area contributed by atoms with Crippen molar-refractivity contribution in [2.24, 2.45) is 0 Å². The van der Waals surface area contributed by atoms with E-state index in [9.17, 15) is 29.4 Å². The van der Waals surface area contributed by atoms with Crippen LogP contribution in [-0.2, 0) is 45.2 Å². The molecule has 0 radical (unpaired) electrons. The number of esters is 3. The van der Waals surface area contributed by atoms with E-state index in [4.69, 9.17) is 23.7 Å². The number of carbonyl (C=O) groups is 4. The first-order valence-corrected chi connectivity index (χ1v) is 12.2. The first kappa shape index (κ1) is 26.0. The standard InChI is InChI=1S/C26H29NO11/c1-12(28)35-20(23(30)31)21(36-13(2)29)24(32)37-16-7-8-26(33)17-11-14-5-6-15(34-4)19-18(14)25(26,22(16)38-19)9-10-27(17)3/h5-7,17,20-22,33H,8-11H2,1-4H3,(H,30,31)/t17-,20+,21+,22+,25+,26-/m1/s1. The number of likely N-dealkylation sites (N-methyl/N-ethyl adjacent to an activating group) is 1. The van der Waals surface area contributed by atoms with Crippen LogP contribution in [0.4, 0.5) is 0 Å². The lowest BCUT2D eigenvalue weighted by Gasteiger charge is -2.61. The van der Waals surface area contributed by atoms with Gasteiger partial charge in [0.1, 0.15) is 5.76 Å². The molecule has 1 saturated heterocycles. The number of piperidine rings is 1. The van der Waals surface area contributed by atoms with Crippen LogP contribution in [-0.4, -0.2) is 89.6 Å². The second-order valence-corrected chi connectivity index (χ2v) is 10.1. The Kier molecular flexibility index (Phi) is 6.14. The van der Waals surface area contributed by atoms with E-state index in [1.165, 1.54) is 7.11 Å². The number of methoxy groups -OCH3 is 1. The van der Waals surface area contributed by atoms with Crippen LogP contribution in [0.3, 0.4) is 0 Å². The smallest absolute Gasteiger partial charge is 0.357 e. The van der Waals surface area contributed by atoms with Crippen LogP contribution in [0.15, 0.2) is 24.0 Å².